The van der Waals surface area contributed by atoms with Crippen LogP contribution < -0.4 is 11.1 Å². The quantitative estimate of drug-likeness (QED) is 0.812. The van der Waals surface area contributed by atoms with Gasteiger partial charge in [-0.1, -0.05) is 30.9 Å². The molecular weight excluding hydrogens is 333 g/mol. The molecule has 0 saturated heterocycles. The molecule has 0 aromatic heterocycles. The fraction of sp³-hybridized carbons (Fsp3) is 0.533. The zero-order valence-electron chi connectivity index (χ0n) is 12.1. The van der Waals surface area contributed by atoms with Gasteiger partial charge in [0.15, 0.2) is 11.6 Å². The molecule has 1 atom stereocenters. The highest BCUT2D eigenvalue weighted by Crippen LogP contribution is 2.27. The first-order valence-corrected chi connectivity index (χ1v) is 7.56. The highest BCUT2D eigenvalue weighted by Gasteiger charge is 2.25. The molecule has 3 N–H and O–H groups in total. The van der Waals surface area contributed by atoms with Crippen LogP contribution >= 0.6 is 24.0 Å². The monoisotopic (exact) mass is 352 g/mol. The smallest absolute Gasteiger partial charge is 0.253 e. The minimum Gasteiger partial charge on any atom is -0.348 e. The van der Waals surface area contributed by atoms with E-state index in [-0.39, 0.29) is 29.0 Å². The van der Waals surface area contributed by atoms with E-state index < -0.39 is 17.5 Å². The van der Waals surface area contributed by atoms with Crippen molar-refractivity contribution in [2.24, 2.45) is 11.7 Å². The van der Waals surface area contributed by atoms with Crippen molar-refractivity contribution in [2.75, 3.05) is 6.54 Å². The van der Waals surface area contributed by atoms with Gasteiger partial charge in [-0.15, -0.1) is 12.4 Å². The largest absolute Gasteiger partial charge is 0.348 e. The summed E-state index contributed by atoms with van der Waals surface area (Å²) in [6, 6.07) is 1.47. The van der Waals surface area contributed by atoms with E-state index in [2.05, 4.69) is 5.32 Å². The highest BCUT2D eigenvalue weighted by atomic mass is 35.5. The lowest BCUT2D eigenvalue weighted by atomic mass is 9.84. The van der Waals surface area contributed by atoms with Gasteiger partial charge in [-0.3, -0.25) is 4.79 Å². The lowest BCUT2D eigenvalue weighted by Gasteiger charge is -2.30. The number of hydrogen-bond donors (Lipinski definition) is 2. The molecule has 1 unspecified atom stereocenters. The molecule has 1 fully saturated rings. The lowest BCUT2D eigenvalue weighted by Crippen LogP contribution is -2.46. The number of carbonyl (C=O) groups excluding carboxylic acids is 1. The van der Waals surface area contributed by atoms with Crippen LogP contribution in [-0.4, -0.2) is 18.5 Å². The number of amides is 1. The highest BCUT2D eigenvalue weighted by molar-refractivity contribution is 6.33. The first-order valence-electron chi connectivity index (χ1n) is 7.18. The van der Waals surface area contributed by atoms with Gasteiger partial charge in [0, 0.05) is 12.6 Å². The van der Waals surface area contributed by atoms with Crippen molar-refractivity contribution in [2.45, 2.75) is 38.1 Å². The van der Waals surface area contributed by atoms with E-state index in [1.807, 2.05) is 0 Å². The van der Waals surface area contributed by atoms with Gasteiger partial charge in [0.05, 0.1) is 10.6 Å². The first kappa shape index (κ1) is 19.1. The fourth-order valence-electron chi connectivity index (χ4n) is 2.85. The van der Waals surface area contributed by atoms with E-state index in [9.17, 15) is 13.6 Å². The minimum atomic E-state index is -1.09. The Morgan fingerprint density at radius 2 is 1.86 bits per heavy atom. The summed E-state index contributed by atoms with van der Waals surface area (Å²) in [5, 5.41) is 2.70. The third-order valence-electron chi connectivity index (χ3n) is 4.04. The second-order valence-electron chi connectivity index (χ2n) is 5.46. The molecular formula is C15H20Cl2F2N2O. The van der Waals surface area contributed by atoms with E-state index in [1.165, 1.54) is 6.42 Å². The van der Waals surface area contributed by atoms with Crippen LogP contribution in [0.4, 0.5) is 8.78 Å². The lowest BCUT2D eigenvalue weighted by molar-refractivity contribution is 0.0915. The Hall–Kier alpha value is -0.910. The maximum absolute atomic E-state index is 13.3. The zero-order chi connectivity index (χ0) is 15.4. The van der Waals surface area contributed by atoms with Crippen molar-refractivity contribution in [3.8, 4) is 0 Å². The van der Waals surface area contributed by atoms with Gasteiger partial charge in [-0.05, 0) is 30.9 Å². The Labute approximate surface area is 140 Å². The predicted octanol–water partition coefficient (Wildman–Crippen LogP) is 3.68. The minimum absolute atomic E-state index is 0. The molecule has 0 radical (unpaired) electrons. The maximum atomic E-state index is 13.3. The molecule has 22 heavy (non-hydrogen) atoms. The molecule has 1 saturated carbocycles. The molecule has 0 bridgehead atoms. The second kappa shape index (κ2) is 8.65. The molecule has 1 aromatic rings. The number of nitrogens with two attached hydrogens (primary N) is 1. The molecule has 1 amide bonds. The van der Waals surface area contributed by atoms with Crippen LogP contribution in [0.25, 0.3) is 0 Å². The number of hydrogen-bond acceptors (Lipinski definition) is 2. The Kier molecular flexibility index (Phi) is 7.53. The van der Waals surface area contributed by atoms with Crippen LogP contribution in [-0.2, 0) is 0 Å². The van der Waals surface area contributed by atoms with E-state index in [1.54, 1.807) is 0 Å². The zero-order valence-corrected chi connectivity index (χ0v) is 13.7. The molecule has 1 aromatic carbocycles. The Balaban J connectivity index is 0.00000242. The summed E-state index contributed by atoms with van der Waals surface area (Å²) in [6.45, 7) is 0.317. The number of benzene rings is 1. The van der Waals surface area contributed by atoms with E-state index in [0.717, 1.165) is 37.8 Å². The molecule has 1 aliphatic carbocycles. The van der Waals surface area contributed by atoms with E-state index in [4.69, 9.17) is 17.3 Å². The van der Waals surface area contributed by atoms with Crippen LogP contribution in [0.2, 0.25) is 5.02 Å². The molecule has 0 aliphatic heterocycles. The Morgan fingerprint density at radius 3 is 2.45 bits per heavy atom. The van der Waals surface area contributed by atoms with Gasteiger partial charge in [0.2, 0.25) is 0 Å². The van der Waals surface area contributed by atoms with Gasteiger partial charge in [0.1, 0.15) is 0 Å². The summed E-state index contributed by atoms with van der Waals surface area (Å²) in [5.41, 5.74) is 5.68. The normalized spacial score (nSPS) is 16.7. The summed E-state index contributed by atoms with van der Waals surface area (Å²) in [6.07, 6.45) is 5.50. The van der Waals surface area contributed by atoms with Crippen molar-refractivity contribution in [1.29, 1.82) is 0 Å². The Morgan fingerprint density at radius 1 is 1.27 bits per heavy atom. The standard InChI is InChI=1S/C15H19ClF2N2O.ClH/c16-11-7-13(18)12(17)6-10(11)15(21)20-14(8-19)9-4-2-1-3-5-9;/h6-7,9,14H,1-5,8,19H2,(H,20,21);1H. The van der Waals surface area contributed by atoms with Gasteiger partial charge in [-0.2, -0.15) is 0 Å². The number of halogens is 4. The van der Waals surface area contributed by atoms with Crippen molar-refractivity contribution in [3.05, 3.63) is 34.4 Å². The summed E-state index contributed by atoms with van der Waals surface area (Å²) >= 11 is 5.81. The second-order valence-corrected chi connectivity index (χ2v) is 5.87. The van der Waals surface area contributed by atoms with Crippen LogP contribution in [0.5, 0.6) is 0 Å². The van der Waals surface area contributed by atoms with Crippen molar-refractivity contribution in [3.63, 3.8) is 0 Å². The average molecular weight is 353 g/mol. The maximum Gasteiger partial charge on any atom is 0.253 e. The first-order chi connectivity index (χ1) is 10.0. The molecule has 124 valence electrons. The van der Waals surface area contributed by atoms with E-state index >= 15 is 0 Å². The van der Waals surface area contributed by atoms with Gasteiger partial charge in [0.25, 0.3) is 5.91 Å². The molecule has 2 rings (SSSR count). The Bertz CT molecular complexity index is 523. The third kappa shape index (κ3) is 4.54. The number of nitrogens with one attached hydrogen (secondary N) is 1. The topological polar surface area (TPSA) is 55.1 Å². The fourth-order valence-corrected chi connectivity index (χ4v) is 3.08. The summed E-state index contributed by atoms with van der Waals surface area (Å²) in [5.74, 6) is -2.34. The summed E-state index contributed by atoms with van der Waals surface area (Å²) < 4.78 is 26.3. The molecule has 0 heterocycles. The number of carbonyl (C=O) groups is 1. The van der Waals surface area contributed by atoms with Crippen LogP contribution in [0, 0.1) is 17.6 Å². The molecule has 3 nitrogen and oxygen atoms in total. The van der Waals surface area contributed by atoms with Crippen LogP contribution in [0.1, 0.15) is 42.5 Å². The van der Waals surface area contributed by atoms with E-state index in [0.29, 0.717) is 12.5 Å². The van der Waals surface area contributed by atoms with Gasteiger partial charge >= 0.3 is 0 Å². The summed E-state index contributed by atoms with van der Waals surface area (Å²) in [4.78, 5) is 12.2. The molecule has 1 aliphatic rings. The molecule has 0 spiro atoms. The van der Waals surface area contributed by atoms with Gasteiger partial charge < -0.3 is 11.1 Å². The average Bonchev–Trinajstić information content (AvgIpc) is 2.49. The third-order valence-corrected chi connectivity index (χ3v) is 4.36. The van der Waals surface area contributed by atoms with Crippen molar-refractivity contribution >= 4 is 29.9 Å². The SMILES string of the molecule is Cl.NCC(NC(=O)c1cc(F)c(F)cc1Cl)C1CCCCC1. The molecule has 7 heteroatoms. The van der Waals surface area contributed by atoms with Crippen LogP contribution in [0.3, 0.4) is 0 Å². The van der Waals surface area contributed by atoms with Gasteiger partial charge in [-0.25, -0.2) is 8.78 Å². The van der Waals surface area contributed by atoms with Crippen molar-refractivity contribution < 1.29 is 13.6 Å². The number of rotatable bonds is 4. The van der Waals surface area contributed by atoms with Crippen LogP contribution in [0.15, 0.2) is 12.1 Å². The summed E-state index contributed by atoms with van der Waals surface area (Å²) in [7, 11) is 0. The predicted molar refractivity (Wildman–Crippen MR) is 85.5 cm³/mol. The van der Waals surface area contributed by atoms with Crippen molar-refractivity contribution in [1.82, 2.24) is 5.32 Å².